The summed E-state index contributed by atoms with van der Waals surface area (Å²) in [4.78, 5) is 14.1. The van der Waals surface area contributed by atoms with Crippen LogP contribution in [0, 0.1) is 11.8 Å². The van der Waals surface area contributed by atoms with Crippen molar-refractivity contribution in [3.05, 3.63) is 0 Å². The van der Waals surface area contributed by atoms with E-state index in [4.69, 9.17) is 10.5 Å². The molecule has 0 bridgehead atoms. The van der Waals surface area contributed by atoms with Crippen LogP contribution >= 0.6 is 0 Å². The minimum absolute atomic E-state index is 0.0913. The van der Waals surface area contributed by atoms with Crippen LogP contribution in [0.2, 0.25) is 0 Å². The summed E-state index contributed by atoms with van der Waals surface area (Å²) in [6.45, 7) is 2.67. The lowest BCUT2D eigenvalue weighted by Crippen LogP contribution is -2.41. The molecule has 0 aromatic rings. The smallest absolute Gasteiger partial charge is 0.310 e. The topological polar surface area (TPSA) is 55.6 Å². The van der Waals surface area contributed by atoms with E-state index in [0.717, 1.165) is 32.0 Å². The summed E-state index contributed by atoms with van der Waals surface area (Å²) in [6, 6.07) is 0.843. The van der Waals surface area contributed by atoms with Crippen LogP contribution in [0.5, 0.6) is 0 Å². The minimum Gasteiger partial charge on any atom is -0.469 e. The molecule has 1 unspecified atom stereocenters. The lowest BCUT2D eigenvalue weighted by Gasteiger charge is -2.34. The Morgan fingerprint density at radius 2 is 2.00 bits per heavy atom. The van der Waals surface area contributed by atoms with Crippen molar-refractivity contribution in [2.75, 3.05) is 26.7 Å². The summed E-state index contributed by atoms with van der Waals surface area (Å²) >= 11 is 0. The number of rotatable bonds is 4. The number of nitrogens with two attached hydrogens (primary N) is 1. The fourth-order valence-corrected chi connectivity index (χ4v) is 2.76. The van der Waals surface area contributed by atoms with Gasteiger partial charge in [0.25, 0.3) is 0 Å². The van der Waals surface area contributed by atoms with Gasteiger partial charge in [-0.25, -0.2) is 0 Å². The van der Waals surface area contributed by atoms with E-state index in [9.17, 15) is 4.79 Å². The van der Waals surface area contributed by atoms with Crippen LogP contribution in [0.4, 0.5) is 0 Å². The molecule has 2 N–H and O–H groups in total. The van der Waals surface area contributed by atoms with Gasteiger partial charge in [-0.1, -0.05) is 0 Å². The number of carbonyl (C=O) groups excluding carboxylic acids is 1. The highest BCUT2D eigenvalue weighted by Gasteiger charge is 2.35. The van der Waals surface area contributed by atoms with Crippen molar-refractivity contribution in [1.29, 1.82) is 0 Å². The van der Waals surface area contributed by atoms with Crippen molar-refractivity contribution in [2.45, 2.75) is 31.7 Å². The predicted molar refractivity (Wildman–Crippen MR) is 61.9 cm³/mol. The maximum absolute atomic E-state index is 11.6. The van der Waals surface area contributed by atoms with Crippen molar-refractivity contribution in [3.63, 3.8) is 0 Å². The van der Waals surface area contributed by atoms with Crippen LogP contribution in [0.25, 0.3) is 0 Å². The third kappa shape index (κ3) is 2.55. The Hall–Kier alpha value is -0.610. The Morgan fingerprint density at radius 1 is 1.38 bits per heavy atom. The number of esters is 1. The van der Waals surface area contributed by atoms with Gasteiger partial charge in [-0.05, 0) is 44.7 Å². The molecular formula is C12H22N2O2. The Bertz CT molecular complexity index is 245. The Morgan fingerprint density at radius 3 is 2.44 bits per heavy atom. The third-order valence-corrected chi connectivity index (χ3v) is 3.96. The van der Waals surface area contributed by atoms with Gasteiger partial charge in [0.15, 0.2) is 0 Å². The Labute approximate surface area is 97.1 Å². The summed E-state index contributed by atoms with van der Waals surface area (Å²) in [5.41, 5.74) is 5.67. The summed E-state index contributed by atoms with van der Waals surface area (Å²) in [7, 11) is 1.45. The van der Waals surface area contributed by atoms with Crippen molar-refractivity contribution in [1.82, 2.24) is 4.90 Å². The molecule has 1 aliphatic heterocycles. The molecule has 1 saturated carbocycles. The number of methoxy groups -OCH3 is 1. The first kappa shape index (κ1) is 11.9. The molecule has 92 valence electrons. The van der Waals surface area contributed by atoms with E-state index in [1.807, 2.05) is 0 Å². The van der Waals surface area contributed by atoms with Gasteiger partial charge in [0.1, 0.15) is 0 Å². The average Bonchev–Trinajstić information content (AvgIpc) is 3.14. The number of nitrogens with zero attached hydrogens (tertiary/aromatic N) is 1. The highest BCUT2D eigenvalue weighted by Crippen LogP contribution is 2.33. The molecule has 4 heteroatoms. The molecule has 4 nitrogen and oxygen atoms in total. The number of ether oxygens (including phenoxy) is 1. The first-order valence-electron chi connectivity index (χ1n) is 6.28. The van der Waals surface area contributed by atoms with Crippen LogP contribution in [0.3, 0.4) is 0 Å². The van der Waals surface area contributed by atoms with E-state index in [2.05, 4.69) is 4.90 Å². The molecule has 2 aliphatic rings. The Balaban J connectivity index is 1.83. The van der Waals surface area contributed by atoms with Crippen molar-refractivity contribution >= 4 is 5.97 Å². The number of hydrogen-bond acceptors (Lipinski definition) is 4. The van der Waals surface area contributed by atoms with Gasteiger partial charge in [-0.2, -0.15) is 0 Å². The molecule has 1 aliphatic carbocycles. The fourth-order valence-electron chi connectivity index (χ4n) is 2.76. The number of hydrogen-bond donors (Lipinski definition) is 1. The van der Waals surface area contributed by atoms with Gasteiger partial charge in [0.2, 0.25) is 0 Å². The molecule has 0 aromatic heterocycles. The minimum atomic E-state index is -0.132. The zero-order chi connectivity index (χ0) is 11.5. The zero-order valence-corrected chi connectivity index (χ0v) is 10.0. The summed E-state index contributed by atoms with van der Waals surface area (Å²) in [5, 5.41) is 0. The molecule has 0 spiro atoms. The summed E-state index contributed by atoms with van der Waals surface area (Å²) in [5.74, 6) is 0.200. The largest absolute Gasteiger partial charge is 0.469 e. The second-order valence-corrected chi connectivity index (χ2v) is 4.97. The van der Waals surface area contributed by atoms with Crippen LogP contribution in [-0.2, 0) is 9.53 Å². The second-order valence-electron chi connectivity index (χ2n) is 4.97. The van der Waals surface area contributed by atoms with Crippen LogP contribution < -0.4 is 5.73 Å². The fraction of sp³-hybridized carbons (Fsp3) is 0.917. The second kappa shape index (κ2) is 5.15. The van der Waals surface area contributed by atoms with Crippen LogP contribution in [-0.4, -0.2) is 43.7 Å². The van der Waals surface area contributed by atoms with E-state index in [1.54, 1.807) is 0 Å². The van der Waals surface area contributed by atoms with Crippen molar-refractivity contribution < 1.29 is 9.53 Å². The number of piperidine rings is 1. The van der Waals surface area contributed by atoms with Gasteiger partial charge < -0.3 is 15.4 Å². The summed E-state index contributed by atoms with van der Waals surface area (Å²) < 4.78 is 4.81. The maximum Gasteiger partial charge on any atom is 0.310 e. The van der Waals surface area contributed by atoms with Crippen molar-refractivity contribution in [2.24, 2.45) is 17.6 Å². The maximum atomic E-state index is 11.6. The first-order valence-corrected chi connectivity index (χ1v) is 6.28. The van der Waals surface area contributed by atoms with E-state index >= 15 is 0 Å². The van der Waals surface area contributed by atoms with E-state index in [-0.39, 0.29) is 11.9 Å². The van der Waals surface area contributed by atoms with Gasteiger partial charge in [-0.15, -0.1) is 0 Å². The molecular weight excluding hydrogens is 204 g/mol. The standard InChI is InChI=1S/C12H22N2O2/c1-16-12(15)11(8-13)9-4-6-14(7-5-9)10-2-3-10/h9-11H,2-8,13H2,1H3. The van der Waals surface area contributed by atoms with Gasteiger partial charge in [-0.3, -0.25) is 4.79 Å². The van der Waals surface area contributed by atoms with Gasteiger partial charge >= 0.3 is 5.97 Å². The first-order chi connectivity index (χ1) is 7.76. The Kier molecular flexibility index (Phi) is 3.82. The van der Waals surface area contributed by atoms with E-state index < -0.39 is 0 Å². The quantitative estimate of drug-likeness (QED) is 0.714. The number of likely N-dealkylation sites (tertiary alicyclic amines) is 1. The normalized spacial score (nSPS) is 25.4. The zero-order valence-electron chi connectivity index (χ0n) is 10.0. The molecule has 0 aromatic carbocycles. The molecule has 1 heterocycles. The number of carbonyl (C=O) groups is 1. The molecule has 2 fully saturated rings. The molecule has 0 amide bonds. The third-order valence-electron chi connectivity index (χ3n) is 3.96. The van der Waals surface area contributed by atoms with Crippen molar-refractivity contribution in [3.8, 4) is 0 Å². The molecule has 1 saturated heterocycles. The SMILES string of the molecule is COC(=O)C(CN)C1CCN(C2CC2)CC1. The molecule has 2 rings (SSSR count). The van der Waals surface area contributed by atoms with Gasteiger partial charge in [0, 0.05) is 12.6 Å². The van der Waals surface area contributed by atoms with Crippen LogP contribution in [0.1, 0.15) is 25.7 Å². The summed E-state index contributed by atoms with van der Waals surface area (Å²) in [6.07, 6.45) is 4.91. The highest BCUT2D eigenvalue weighted by molar-refractivity contribution is 5.72. The lowest BCUT2D eigenvalue weighted by molar-refractivity contribution is -0.147. The molecule has 16 heavy (non-hydrogen) atoms. The van der Waals surface area contributed by atoms with Crippen LogP contribution in [0.15, 0.2) is 0 Å². The average molecular weight is 226 g/mol. The van der Waals surface area contributed by atoms with Gasteiger partial charge in [0.05, 0.1) is 13.0 Å². The van der Waals surface area contributed by atoms with E-state index in [0.29, 0.717) is 12.5 Å². The lowest BCUT2D eigenvalue weighted by atomic mass is 9.84. The predicted octanol–water partition coefficient (Wildman–Crippen LogP) is 0.609. The molecule has 1 atom stereocenters. The van der Waals surface area contributed by atoms with E-state index in [1.165, 1.54) is 20.0 Å². The highest BCUT2D eigenvalue weighted by atomic mass is 16.5. The molecule has 0 radical (unpaired) electrons. The monoisotopic (exact) mass is 226 g/mol.